The second-order valence-electron chi connectivity index (χ2n) is 4.30. The van der Waals surface area contributed by atoms with Gasteiger partial charge in [-0.2, -0.15) is 0 Å². The van der Waals surface area contributed by atoms with E-state index in [1.54, 1.807) is 6.92 Å². The van der Waals surface area contributed by atoms with Gasteiger partial charge in [0.1, 0.15) is 0 Å². The quantitative estimate of drug-likeness (QED) is 0.769. The molecule has 0 aliphatic carbocycles. The Kier molecular flexibility index (Phi) is 4.56. The van der Waals surface area contributed by atoms with E-state index < -0.39 is 6.10 Å². The molecule has 0 heterocycles. The molecule has 1 atom stereocenters. The number of nitrogens with zero attached hydrogens (tertiary/aromatic N) is 1. The maximum atomic E-state index is 9.44. The predicted octanol–water partition coefficient (Wildman–Crippen LogP) is 3.14. The highest BCUT2D eigenvalue weighted by atomic mass is 16.3. The third-order valence-corrected chi connectivity index (χ3v) is 2.66. The maximum Gasteiger partial charge on any atom is 0.0761 e. The molecule has 0 bridgehead atoms. The lowest BCUT2D eigenvalue weighted by atomic mass is 10.1. The van der Waals surface area contributed by atoms with E-state index >= 15 is 0 Å². The molecule has 0 saturated carbocycles. The van der Waals surface area contributed by atoms with Crippen LogP contribution in [0.4, 0.5) is 5.69 Å². The summed E-state index contributed by atoms with van der Waals surface area (Å²) in [4.78, 5) is 2.26. The number of aliphatic hydroxyl groups excluding tert-OH is 1. The summed E-state index contributed by atoms with van der Waals surface area (Å²) >= 11 is 0. The smallest absolute Gasteiger partial charge is 0.0761 e. The standard InChI is InChI=1S/C14H21NO/c1-5-10-15(11(2)3)14-8-6-13(7-9-14)12(4)16/h5-9,11-12,16H,1,10H2,2-4H3. The van der Waals surface area contributed by atoms with Gasteiger partial charge >= 0.3 is 0 Å². The molecule has 0 radical (unpaired) electrons. The zero-order valence-electron chi connectivity index (χ0n) is 10.4. The van der Waals surface area contributed by atoms with Crippen molar-refractivity contribution in [3.05, 3.63) is 42.5 Å². The molecule has 0 amide bonds. The average Bonchev–Trinajstić information content (AvgIpc) is 2.25. The van der Waals surface area contributed by atoms with Crippen molar-refractivity contribution in [2.75, 3.05) is 11.4 Å². The third-order valence-electron chi connectivity index (χ3n) is 2.66. The largest absolute Gasteiger partial charge is 0.389 e. The number of rotatable bonds is 5. The Labute approximate surface area is 98.2 Å². The Hall–Kier alpha value is -1.28. The second kappa shape index (κ2) is 5.71. The van der Waals surface area contributed by atoms with Crippen molar-refractivity contribution in [2.24, 2.45) is 0 Å². The number of aliphatic hydroxyl groups is 1. The molecule has 0 aliphatic heterocycles. The highest BCUT2D eigenvalue weighted by Gasteiger charge is 2.09. The van der Waals surface area contributed by atoms with Gasteiger partial charge in [-0.3, -0.25) is 0 Å². The van der Waals surface area contributed by atoms with Crippen LogP contribution in [0.2, 0.25) is 0 Å². The van der Waals surface area contributed by atoms with Gasteiger partial charge in [0.2, 0.25) is 0 Å². The molecule has 2 nitrogen and oxygen atoms in total. The first-order chi connectivity index (χ1) is 7.56. The molecule has 1 aromatic carbocycles. The van der Waals surface area contributed by atoms with Gasteiger partial charge < -0.3 is 10.0 Å². The van der Waals surface area contributed by atoms with Crippen molar-refractivity contribution >= 4 is 5.69 Å². The molecule has 0 spiro atoms. The van der Waals surface area contributed by atoms with Crippen molar-refractivity contribution in [2.45, 2.75) is 32.9 Å². The first kappa shape index (κ1) is 12.8. The third kappa shape index (κ3) is 3.11. The van der Waals surface area contributed by atoms with Crippen LogP contribution < -0.4 is 4.90 Å². The van der Waals surface area contributed by atoms with Crippen molar-refractivity contribution < 1.29 is 5.11 Å². The van der Waals surface area contributed by atoms with Crippen molar-refractivity contribution in [1.82, 2.24) is 0 Å². The lowest BCUT2D eigenvalue weighted by Crippen LogP contribution is -2.30. The van der Waals surface area contributed by atoms with E-state index in [1.807, 2.05) is 30.3 Å². The van der Waals surface area contributed by atoms with Crippen LogP contribution in [0.15, 0.2) is 36.9 Å². The summed E-state index contributed by atoms with van der Waals surface area (Å²) in [6, 6.07) is 8.48. The fourth-order valence-corrected chi connectivity index (χ4v) is 1.70. The predicted molar refractivity (Wildman–Crippen MR) is 69.8 cm³/mol. The molecule has 0 fully saturated rings. The van der Waals surface area contributed by atoms with Crippen molar-refractivity contribution in [3.8, 4) is 0 Å². The van der Waals surface area contributed by atoms with E-state index in [-0.39, 0.29) is 0 Å². The van der Waals surface area contributed by atoms with E-state index in [4.69, 9.17) is 0 Å². The maximum absolute atomic E-state index is 9.44. The van der Waals surface area contributed by atoms with Gasteiger partial charge in [0.15, 0.2) is 0 Å². The van der Waals surface area contributed by atoms with E-state index in [2.05, 4.69) is 25.3 Å². The summed E-state index contributed by atoms with van der Waals surface area (Å²) in [5, 5.41) is 9.44. The van der Waals surface area contributed by atoms with Crippen LogP contribution in [0.1, 0.15) is 32.4 Å². The zero-order chi connectivity index (χ0) is 12.1. The summed E-state index contributed by atoms with van der Waals surface area (Å²) in [6.45, 7) is 10.7. The molecule has 1 rings (SSSR count). The molecule has 16 heavy (non-hydrogen) atoms. The van der Waals surface area contributed by atoms with Crippen LogP contribution in [-0.4, -0.2) is 17.7 Å². The highest BCUT2D eigenvalue weighted by molar-refractivity contribution is 5.49. The Balaban J connectivity index is 2.89. The summed E-state index contributed by atoms with van der Waals surface area (Å²) < 4.78 is 0. The monoisotopic (exact) mass is 219 g/mol. The molecular weight excluding hydrogens is 198 g/mol. The second-order valence-corrected chi connectivity index (χ2v) is 4.30. The highest BCUT2D eigenvalue weighted by Crippen LogP contribution is 2.20. The van der Waals surface area contributed by atoms with Gasteiger partial charge in [0.05, 0.1) is 6.10 Å². The Morgan fingerprint density at radius 1 is 1.25 bits per heavy atom. The van der Waals surface area contributed by atoms with Gasteiger partial charge in [-0.25, -0.2) is 0 Å². The minimum absolute atomic E-state index is 0.402. The molecule has 2 heteroatoms. The number of hydrogen-bond acceptors (Lipinski definition) is 2. The van der Waals surface area contributed by atoms with Crippen LogP contribution in [0.25, 0.3) is 0 Å². The summed E-state index contributed by atoms with van der Waals surface area (Å²) in [7, 11) is 0. The Morgan fingerprint density at radius 3 is 2.19 bits per heavy atom. The topological polar surface area (TPSA) is 23.5 Å². The van der Waals surface area contributed by atoms with Gasteiger partial charge in [0, 0.05) is 18.3 Å². The van der Waals surface area contributed by atoms with Crippen molar-refractivity contribution in [3.63, 3.8) is 0 Å². The normalized spacial score (nSPS) is 12.6. The van der Waals surface area contributed by atoms with Crippen LogP contribution in [0.5, 0.6) is 0 Å². The van der Waals surface area contributed by atoms with E-state index in [9.17, 15) is 5.11 Å². The summed E-state index contributed by atoms with van der Waals surface area (Å²) in [6.07, 6.45) is 1.50. The minimum atomic E-state index is -0.402. The van der Waals surface area contributed by atoms with Crippen LogP contribution >= 0.6 is 0 Å². The molecule has 0 aliphatic rings. The Morgan fingerprint density at radius 2 is 1.81 bits per heavy atom. The first-order valence-electron chi connectivity index (χ1n) is 5.71. The lowest BCUT2D eigenvalue weighted by Gasteiger charge is -2.28. The van der Waals surface area contributed by atoms with Gasteiger partial charge in [0.25, 0.3) is 0 Å². The molecule has 1 aromatic rings. The van der Waals surface area contributed by atoms with Crippen molar-refractivity contribution in [1.29, 1.82) is 0 Å². The SMILES string of the molecule is C=CCN(c1ccc(C(C)O)cc1)C(C)C. The number of anilines is 1. The van der Waals surface area contributed by atoms with E-state index in [0.29, 0.717) is 6.04 Å². The fourth-order valence-electron chi connectivity index (χ4n) is 1.70. The Bertz CT molecular complexity index is 327. The number of benzene rings is 1. The molecule has 1 N–H and O–H groups in total. The molecule has 0 aromatic heterocycles. The fraction of sp³-hybridized carbons (Fsp3) is 0.429. The molecular formula is C14H21NO. The van der Waals surface area contributed by atoms with E-state index in [0.717, 1.165) is 12.1 Å². The van der Waals surface area contributed by atoms with Crippen LogP contribution in [0, 0.1) is 0 Å². The van der Waals surface area contributed by atoms with Gasteiger partial charge in [-0.05, 0) is 38.5 Å². The van der Waals surface area contributed by atoms with Gasteiger partial charge in [-0.15, -0.1) is 6.58 Å². The summed E-state index contributed by atoms with van der Waals surface area (Å²) in [5.41, 5.74) is 2.12. The minimum Gasteiger partial charge on any atom is -0.389 e. The van der Waals surface area contributed by atoms with Crippen LogP contribution in [0.3, 0.4) is 0 Å². The first-order valence-corrected chi connectivity index (χ1v) is 5.71. The zero-order valence-corrected chi connectivity index (χ0v) is 10.4. The number of hydrogen-bond donors (Lipinski definition) is 1. The average molecular weight is 219 g/mol. The van der Waals surface area contributed by atoms with E-state index in [1.165, 1.54) is 5.69 Å². The lowest BCUT2D eigenvalue weighted by molar-refractivity contribution is 0.199. The molecule has 1 unspecified atom stereocenters. The molecule has 0 saturated heterocycles. The van der Waals surface area contributed by atoms with Crippen LogP contribution in [-0.2, 0) is 0 Å². The summed E-state index contributed by atoms with van der Waals surface area (Å²) in [5.74, 6) is 0. The van der Waals surface area contributed by atoms with Gasteiger partial charge in [-0.1, -0.05) is 18.2 Å². The molecule has 88 valence electrons.